The van der Waals surface area contributed by atoms with Crippen molar-refractivity contribution in [2.24, 2.45) is 0 Å². The molecule has 0 aromatic heterocycles. The third kappa shape index (κ3) is 4.51. The molecule has 1 aliphatic rings. The van der Waals surface area contributed by atoms with Crippen molar-refractivity contribution in [3.63, 3.8) is 0 Å². The van der Waals surface area contributed by atoms with Crippen molar-refractivity contribution in [3.8, 4) is 0 Å². The average molecular weight is 261 g/mol. The molecule has 0 saturated heterocycles. The van der Waals surface area contributed by atoms with Crippen LogP contribution in [0.3, 0.4) is 0 Å². The third-order valence-electron chi connectivity index (χ3n) is 3.11. The van der Waals surface area contributed by atoms with E-state index in [4.69, 9.17) is 0 Å². The van der Waals surface area contributed by atoms with Crippen LogP contribution in [0.25, 0.3) is 0 Å². The van der Waals surface area contributed by atoms with Crippen LogP contribution in [-0.2, 0) is 6.54 Å². The Morgan fingerprint density at radius 3 is 3.00 bits per heavy atom. The van der Waals surface area contributed by atoms with Crippen molar-refractivity contribution in [2.45, 2.75) is 55.8 Å². The fraction of sp³-hybridized carbons (Fsp3) is 0.500. The number of hydrogen-bond donors (Lipinski definition) is 1. The average Bonchev–Trinajstić information content (AvgIpc) is 2.38. The van der Waals surface area contributed by atoms with E-state index in [1.807, 2.05) is 11.8 Å². The maximum absolute atomic E-state index is 3.47. The smallest absolute Gasteiger partial charge is 0.0274 e. The van der Waals surface area contributed by atoms with Crippen LogP contribution in [0.2, 0.25) is 0 Å². The van der Waals surface area contributed by atoms with Gasteiger partial charge in [-0.25, -0.2) is 0 Å². The molecule has 1 aliphatic carbocycles. The van der Waals surface area contributed by atoms with Crippen molar-refractivity contribution < 1.29 is 0 Å². The van der Waals surface area contributed by atoms with Crippen LogP contribution >= 0.6 is 11.8 Å². The molecule has 1 unspecified atom stereocenters. The maximum Gasteiger partial charge on any atom is 0.0274 e. The Labute approximate surface area is 115 Å². The van der Waals surface area contributed by atoms with Gasteiger partial charge in [0.1, 0.15) is 0 Å². The van der Waals surface area contributed by atoms with E-state index in [2.05, 4.69) is 55.6 Å². The molecule has 1 atom stereocenters. The Balaban J connectivity index is 1.93. The van der Waals surface area contributed by atoms with Gasteiger partial charge in [-0.3, -0.25) is 0 Å². The largest absolute Gasteiger partial charge is 0.310 e. The van der Waals surface area contributed by atoms with E-state index < -0.39 is 0 Å². The lowest BCUT2D eigenvalue weighted by Crippen LogP contribution is -2.21. The molecule has 2 rings (SSSR count). The summed E-state index contributed by atoms with van der Waals surface area (Å²) in [5, 5.41) is 4.14. The highest BCUT2D eigenvalue weighted by molar-refractivity contribution is 8.00. The second-order valence-electron chi connectivity index (χ2n) is 5.20. The normalized spacial score (nSPS) is 19.4. The minimum absolute atomic E-state index is 0.544. The first-order valence-corrected chi connectivity index (χ1v) is 7.77. The highest BCUT2D eigenvalue weighted by atomic mass is 32.2. The van der Waals surface area contributed by atoms with Gasteiger partial charge >= 0.3 is 0 Å². The van der Waals surface area contributed by atoms with Gasteiger partial charge in [-0.15, -0.1) is 11.8 Å². The molecule has 0 heterocycles. The van der Waals surface area contributed by atoms with Crippen molar-refractivity contribution in [1.29, 1.82) is 0 Å². The predicted molar refractivity (Wildman–Crippen MR) is 81.1 cm³/mol. The van der Waals surface area contributed by atoms with Gasteiger partial charge in [0.25, 0.3) is 0 Å². The van der Waals surface area contributed by atoms with Gasteiger partial charge in [-0.1, -0.05) is 38.1 Å². The van der Waals surface area contributed by atoms with Crippen molar-refractivity contribution in [3.05, 3.63) is 42.0 Å². The molecule has 98 valence electrons. The van der Waals surface area contributed by atoms with E-state index in [1.165, 1.54) is 29.7 Å². The van der Waals surface area contributed by atoms with Crippen LogP contribution in [-0.4, -0.2) is 11.3 Å². The summed E-state index contributed by atoms with van der Waals surface area (Å²) in [6.45, 7) is 5.34. The lowest BCUT2D eigenvalue weighted by molar-refractivity contribution is 0.588. The highest BCUT2D eigenvalue weighted by Crippen LogP contribution is 2.30. The van der Waals surface area contributed by atoms with Crippen LogP contribution in [0.4, 0.5) is 0 Å². The minimum atomic E-state index is 0.544. The summed E-state index contributed by atoms with van der Waals surface area (Å²) in [6, 6.07) is 9.47. The second-order valence-corrected chi connectivity index (χ2v) is 6.51. The second kappa shape index (κ2) is 7.01. The first-order chi connectivity index (χ1) is 8.74. The Kier molecular flexibility index (Phi) is 5.33. The van der Waals surface area contributed by atoms with E-state index in [0.717, 1.165) is 6.54 Å². The van der Waals surface area contributed by atoms with Crippen LogP contribution in [0.15, 0.2) is 41.3 Å². The highest BCUT2D eigenvalue weighted by Gasteiger charge is 2.10. The number of allylic oxidation sites excluding steroid dienone is 1. The van der Waals surface area contributed by atoms with Crippen LogP contribution in [0.1, 0.15) is 38.7 Å². The molecule has 0 aliphatic heterocycles. The molecule has 0 fully saturated rings. The Morgan fingerprint density at radius 1 is 1.39 bits per heavy atom. The summed E-state index contributed by atoms with van der Waals surface area (Å²) in [5.41, 5.74) is 1.38. The topological polar surface area (TPSA) is 12.0 Å². The monoisotopic (exact) mass is 261 g/mol. The molecule has 0 spiro atoms. The lowest BCUT2D eigenvalue weighted by Gasteiger charge is -2.16. The third-order valence-corrected chi connectivity index (χ3v) is 4.33. The Morgan fingerprint density at radius 2 is 2.28 bits per heavy atom. The summed E-state index contributed by atoms with van der Waals surface area (Å²) in [7, 11) is 0. The number of hydrogen-bond acceptors (Lipinski definition) is 2. The molecule has 18 heavy (non-hydrogen) atoms. The van der Waals surface area contributed by atoms with E-state index >= 15 is 0 Å². The minimum Gasteiger partial charge on any atom is -0.310 e. The summed E-state index contributed by atoms with van der Waals surface area (Å²) in [4.78, 5) is 1.40. The molecular weight excluding hydrogens is 238 g/mol. The van der Waals surface area contributed by atoms with Crippen LogP contribution in [0.5, 0.6) is 0 Å². The SMILES string of the molecule is CC(C)NCc1cccc(SC2C=CCCC2)c1. The maximum atomic E-state index is 3.47. The summed E-state index contributed by atoms with van der Waals surface area (Å²) in [5.74, 6) is 0. The van der Waals surface area contributed by atoms with Gasteiger partial charge in [0, 0.05) is 22.7 Å². The van der Waals surface area contributed by atoms with Gasteiger partial charge in [0.15, 0.2) is 0 Å². The van der Waals surface area contributed by atoms with Crippen molar-refractivity contribution in [1.82, 2.24) is 5.32 Å². The number of benzene rings is 1. The zero-order chi connectivity index (χ0) is 12.8. The molecule has 1 aromatic rings. The van der Waals surface area contributed by atoms with Crippen molar-refractivity contribution >= 4 is 11.8 Å². The van der Waals surface area contributed by atoms with E-state index in [1.54, 1.807) is 0 Å². The molecular formula is C16H23NS. The first kappa shape index (κ1) is 13.7. The standard InChI is InChI=1S/C16H23NS/c1-13(2)17-12-14-7-6-10-16(11-14)18-15-8-4-3-5-9-15/h4,6-8,10-11,13,15,17H,3,5,9,12H2,1-2H3. The molecule has 1 N–H and O–H groups in total. The quantitative estimate of drug-likeness (QED) is 0.789. The zero-order valence-corrected chi connectivity index (χ0v) is 12.2. The van der Waals surface area contributed by atoms with Gasteiger partial charge in [0.05, 0.1) is 0 Å². The predicted octanol–water partition coefficient (Wildman–Crippen LogP) is 4.39. The molecule has 2 heteroatoms. The van der Waals surface area contributed by atoms with E-state index in [9.17, 15) is 0 Å². The van der Waals surface area contributed by atoms with E-state index in [0.29, 0.717) is 11.3 Å². The Hall–Kier alpha value is -0.730. The van der Waals surface area contributed by atoms with Gasteiger partial charge in [-0.2, -0.15) is 0 Å². The first-order valence-electron chi connectivity index (χ1n) is 6.89. The summed E-state index contributed by atoms with van der Waals surface area (Å²) >= 11 is 2.00. The zero-order valence-electron chi connectivity index (χ0n) is 11.4. The summed E-state index contributed by atoms with van der Waals surface area (Å²) in [6.07, 6.45) is 8.60. The molecule has 0 saturated carbocycles. The number of rotatable bonds is 5. The van der Waals surface area contributed by atoms with E-state index in [-0.39, 0.29) is 0 Å². The van der Waals surface area contributed by atoms with Crippen LogP contribution in [0, 0.1) is 0 Å². The molecule has 0 radical (unpaired) electrons. The fourth-order valence-corrected chi connectivity index (χ4v) is 3.31. The van der Waals surface area contributed by atoms with Gasteiger partial charge < -0.3 is 5.32 Å². The lowest BCUT2D eigenvalue weighted by atomic mass is 10.1. The van der Waals surface area contributed by atoms with Crippen LogP contribution < -0.4 is 5.32 Å². The van der Waals surface area contributed by atoms with Crippen molar-refractivity contribution in [2.75, 3.05) is 0 Å². The van der Waals surface area contributed by atoms with Gasteiger partial charge in [-0.05, 0) is 37.0 Å². The Bertz CT molecular complexity index is 398. The number of thioether (sulfide) groups is 1. The summed E-state index contributed by atoms with van der Waals surface area (Å²) < 4.78 is 0. The molecule has 1 aromatic carbocycles. The molecule has 0 amide bonds. The molecule has 0 bridgehead atoms. The fourth-order valence-electron chi connectivity index (χ4n) is 2.10. The number of nitrogens with one attached hydrogen (secondary N) is 1. The van der Waals surface area contributed by atoms with Gasteiger partial charge in [0.2, 0.25) is 0 Å². The molecule has 1 nitrogen and oxygen atoms in total.